The van der Waals surface area contributed by atoms with E-state index in [1.807, 2.05) is 0 Å². The molecule has 10 heteroatoms. The molecule has 0 spiro atoms. The van der Waals surface area contributed by atoms with Gasteiger partial charge in [-0.2, -0.15) is 0 Å². The van der Waals surface area contributed by atoms with Crippen molar-refractivity contribution in [2.45, 2.75) is 30.8 Å². The number of halogens is 4. The SMILES string of the molecule is CC1Oc2cc(SNCc3ccc(OC(F)(F)F)cc3)c(Br)cc2NC1=O. The second-order valence-corrected chi connectivity index (χ2v) is 7.43. The lowest BCUT2D eigenvalue weighted by Crippen LogP contribution is -2.34. The quantitative estimate of drug-likeness (QED) is 0.621. The fourth-order valence-corrected chi connectivity index (χ4v) is 3.60. The van der Waals surface area contributed by atoms with Crippen LogP contribution in [0.25, 0.3) is 0 Å². The van der Waals surface area contributed by atoms with Crippen LogP contribution in [-0.4, -0.2) is 18.4 Å². The number of carbonyl (C=O) groups excluding carboxylic acids is 1. The number of hydrogen-bond acceptors (Lipinski definition) is 5. The predicted molar refractivity (Wildman–Crippen MR) is 98.7 cm³/mol. The maximum absolute atomic E-state index is 12.2. The number of hydrogen-bond donors (Lipinski definition) is 2. The Morgan fingerprint density at radius 2 is 2.00 bits per heavy atom. The summed E-state index contributed by atoms with van der Waals surface area (Å²) in [5.41, 5.74) is 1.39. The number of alkyl halides is 3. The van der Waals surface area contributed by atoms with E-state index in [9.17, 15) is 18.0 Å². The molecule has 1 heterocycles. The minimum Gasteiger partial charge on any atom is -0.479 e. The van der Waals surface area contributed by atoms with Gasteiger partial charge in [-0.15, -0.1) is 13.2 Å². The van der Waals surface area contributed by atoms with Crippen molar-refractivity contribution < 1.29 is 27.4 Å². The highest BCUT2D eigenvalue weighted by atomic mass is 79.9. The van der Waals surface area contributed by atoms with Crippen LogP contribution in [0.1, 0.15) is 12.5 Å². The van der Waals surface area contributed by atoms with Gasteiger partial charge in [0, 0.05) is 15.9 Å². The fourth-order valence-electron chi connectivity index (χ4n) is 2.29. The zero-order chi connectivity index (χ0) is 19.6. The van der Waals surface area contributed by atoms with Crippen molar-refractivity contribution >= 4 is 39.5 Å². The van der Waals surface area contributed by atoms with Crippen LogP contribution in [0.4, 0.5) is 18.9 Å². The minimum absolute atomic E-state index is 0.203. The van der Waals surface area contributed by atoms with E-state index >= 15 is 0 Å². The summed E-state index contributed by atoms with van der Waals surface area (Å²) in [6.45, 7) is 2.09. The van der Waals surface area contributed by atoms with Crippen molar-refractivity contribution in [3.8, 4) is 11.5 Å². The topological polar surface area (TPSA) is 59.6 Å². The van der Waals surface area contributed by atoms with Crippen LogP contribution >= 0.6 is 27.9 Å². The van der Waals surface area contributed by atoms with Crippen molar-refractivity contribution in [3.63, 3.8) is 0 Å². The lowest BCUT2D eigenvalue weighted by atomic mass is 10.2. The average molecular weight is 463 g/mol. The van der Waals surface area contributed by atoms with Gasteiger partial charge in [-0.3, -0.25) is 9.52 Å². The highest BCUT2D eigenvalue weighted by Gasteiger charge is 2.31. The molecule has 0 fully saturated rings. The van der Waals surface area contributed by atoms with Gasteiger partial charge in [0.1, 0.15) is 11.5 Å². The molecule has 2 aromatic carbocycles. The summed E-state index contributed by atoms with van der Waals surface area (Å²) in [6, 6.07) is 9.19. The van der Waals surface area contributed by atoms with Gasteiger partial charge >= 0.3 is 6.36 Å². The molecule has 1 amide bonds. The third-order valence-electron chi connectivity index (χ3n) is 3.58. The Labute approximate surface area is 165 Å². The highest BCUT2D eigenvalue weighted by molar-refractivity contribution is 9.10. The molecule has 1 aliphatic heterocycles. The largest absolute Gasteiger partial charge is 0.573 e. The number of anilines is 1. The molecule has 0 saturated heterocycles. The van der Waals surface area contributed by atoms with E-state index in [2.05, 4.69) is 30.7 Å². The first-order valence-electron chi connectivity index (χ1n) is 7.77. The number of ether oxygens (including phenoxy) is 2. The Morgan fingerprint density at radius 3 is 2.67 bits per heavy atom. The second kappa shape index (κ2) is 7.99. The molecule has 144 valence electrons. The van der Waals surface area contributed by atoms with Gasteiger partial charge in [-0.1, -0.05) is 12.1 Å². The van der Waals surface area contributed by atoms with E-state index in [4.69, 9.17) is 4.74 Å². The Bertz CT molecular complexity index is 847. The molecule has 1 aliphatic rings. The standard InChI is InChI=1S/C17H14BrF3N2O3S/c1-9-16(24)23-13-6-12(18)15(7-14(13)25-9)27-22-8-10-2-4-11(5-3-10)26-17(19,20)21/h2-7,9,22H,8H2,1H3,(H,23,24). The molecule has 0 aromatic heterocycles. The molecule has 2 N–H and O–H groups in total. The fraction of sp³-hybridized carbons (Fsp3) is 0.235. The molecule has 27 heavy (non-hydrogen) atoms. The van der Waals surface area contributed by atoms with Gasteiger partial charge in [-0.05, 0) is 64.6 Å². The first kappa shape index (κ1) is 19.8. The highest BCUT2D eigenvalue weighted by Crippen LogP contribution is 2.38. The maximum atomic E-state index is 12.2. The second-order valence-electron chi connectivity index (χ2n) is 5.64. The minimum atomic E-state index is -4.70. The van der Waals surface area contributed by atoms with Crippen LogP contribution < -0.4 is 19.5 Å². The maximum Gasteiger partial charge on any atom is 0.573 e. The monoisotopic (exact) mass is 462 g/mol. The van der Waals surface area contributed by atoms with Crippen LogP contribution in [0.2, 0.25) is 0 Å². The zero-order valence-electron chi connectivity index (χ0n) is 13.9. The van der Waals surface area contributed by atoms with Crippen LogP contribution in [0, 0.1) is 0 Å². The van der Waals surface area contributed by atoms with Gasteiger partial charge in [0.15, 0.2) is 6.10 Å². The summed E-state index contributed by atoms with van der Waals surface area (Å²) in [6.07, 6.45) is -5.27. The molecule has 0 saturated carbocycles. The molecule has 2 aromatic rings. The molecule has 5 nitrogen and oxygen atoms in total. The van der Waals surface area contributed by atoms with Crippen molar-refractivity contribution in [1.82, 2.24) is 4.72 Å². The summed E-state index contributed by atoms with van der Waals surface area (Å²) in [5.74, 6) is 0.110. The lowest BCUT2D eigenvalue weighted by Gasteiger charge is -2.24. The van der Waals surface area contributed by atoms with E-state index in [0.29, 0.717) is 18.0 Å². The summed E-state index contributed by atoms with van der Waals surface area (Å²) in [5, 5.41) is 2.77. The van der Waals surface area contributed by atoms with Gasteiger partial charge in [0.05, 0.1) is 5.69 Å². The summed E-state index contributed by atoms with van der Waals surface area (Å²) >= 11 is 4.77. The Morgan fingerprint density at radius 1 is 1.30 bits per heavy atom. The number of rotatable bonds is 5. The van der Waals surface area contributed by atoms with E-state index < -0.39 is 12.5 Å². The first-order valence-corrected chi connectivity index (χ1v) is 9.38. The third kappa shape index (κ3) is 5.30. The molecule has 1 unspecified atom stereocenters. The number of carbonyl (C=O) groups is 1. The molecule has 0 radical (unpaired) electrons. The van der Waals surface area contributed by atoms with E-state index in [1.165, 1.54) is 24.1 Å². The van der Waals surface area contributed by atoms with Gasteiger partial charge in [0.2, 0.25) is 0 Å². The average Bonchev–Trinajstić information content (AvgIpc) is 2.57. The van der Waals surface area contributed by atoms with Crippen molar-refractivity contribution in [3.05, 3.63) is 46.4 Å². The number of benzene rings is 2. The van der Waals surface area contributed by atoms with Crippen LogP contribution in [0.3, 0.4) is 0 Å². The molecule has 3 rings (SSSR count). The zero-order valence-corrected chi connectivity index (χ0v) is 16.3. The normalized spacial score (nSPS) is 16.3. The Balaban J connectivity index is 1.59. The van der Waals surface area contributed by atoms with Crippen molar-refractivity contribution in [2.75, 3.05) is 5.32 Å². The predicted octanol–water partition coefficient (Wildman–Crippen LogP) is 4.86. The van der Waals surface area contributed by atoms with Gasteiger partial charge in [0.25, 0.3) is 5.91 Å². The number of amides is 1. The van der Waals surface area contributed by atoms with Gasteiger partial charge < -0.3 is 14.8 Å². The molecule has 1 atom stereocenters. The first-order chi connectivity index (χ1) is 12.7. The Kier molecular flexibility index (Phi) is 5.87. The van der Waals surface area contributed by atoms with Crippen molar-refractivity contribution in [2.24, 2.45) is 0 Å². The van der Waals surface area contributed by atoms with Crippen molar-refractivity contribution in [1.29, 1.82) is 0 Å². The number of fused-ring (bicyclic) bond motifs is 1. The molecular weight excluding hydrogens is 449 g/mol. The van der Waals surface area contributed by atoms with Gasteiger partial charge in [-0.25, -0.2) is 0 Å². The molecule has 0 aliphatic carbocycles. The van der Waals surface area contributed by atoms with E-state index in [-0.39, 0.29) is 11.7 Å². The van der Waals surface area contributed by atoms with Crippen LogP contribution in [-0.2, 0) is 11.3 Å². The summed E-state index contributed by atoms with van der Waals surface area (Å²) < 4.78 is 49.8. The molecular formula is C17H14BrF3N2O3S. The summed E-state index contributed by atoms with van der Waals surface area (Å²) in [4.78, 5) is 12.5. The Hall–Kier alpha value is -1.91. The van der Waals surface area contributed by atoms with E-state index in [0.717, 1.165) is 14.9 Å². The van der Waals surface area contributed by atoms with Crippen LogP contribution in [0.15, 0.2) is 45.8 Å². The third-order valence-corrected chi connectivity index (χ3v) is 5.35. The molecule has 0 bridgehead atoms. The van der Waals surface area contributed by atoms with E-state index in [1.54, 1.807) is 31.2 Å². The lowest BCUT2D eigenvalue weighted by molar-refractivity contribution is -0.274. The van der Waals surface area contributed by atoms with Crippen LogP contribution in [0.5, 0.6) is 11.5 Å². The smallest absolute Gasteiger partial charge is 0.479 e. The number of nitrogens with one attached hydrogen (secondary N) is 2. The summed E-state index contributed by atoms with van der Waals surface area (Å²) in [7, 11) is 0.